The molecule has 1 fully saturated rings. The summed E-state index contributed by atoms with van der Waals surface area (Å²) in [7, 11) is 0. The fourth-order valence-electron chi connectivity index (χ4n) is 2.37. The summed E-state index contributed by atoms with van der Waals surface area (Å²) in [5, 5.41) is 7.19. The maximum absolute atomic E-state index is 5.99. The van der Waals surface area contributed by atoms with Crippen LogP contribution in [0, 0.1) is 0 Å². The normalized spacial score (nSPS) is 27.1. The van der Waals surface area contributed by atoms with Crippen LogP contribution in [0.3, 0.4) is 0 Å². The van der Waals surface area contributed by atoms with Crippen molar-refractivity contribution in [1.82, 2.24) is 15.5 Å². The Kier molecular flexibility index (Phi) is 2.75. The van der Waals surface area contributed by atoms with Crippen molar-refractivity contribution >= 4 is 0 Å². The average molecular weight is 225 g/mol. The highest BCUT2D eigenvalue weighted by molar-refractivity contribution is 4.99. The van der Waals surface area contributed by atoms with E-state index in [1.807, 2.05) is 0 Å². The predicted molar refractivity (Wildman–Crippen MR) is 58.8 cm³/mol. The van der Waals surface area contributed by atoms with Gasteiger partial charge in [-0.1, -0.05) is 5.16 Å². The zero-order valence-corrected chi connectivity index (χ0v) is 10.3. The lowest BCUT2D eigenvalue weighted by molar-refractivity contribution is -0.0699. The van der Waals surface area contributed by atoms with Crippen LogP contribution in [0.4, 0.5) is 0 Å². The summed E-state index contributed by atoms with van der Waals surface area (Å²) in [6.07, 6.45) is 2.33. The van der Waals surface area contributed by atoms with Gasteiger partial charge in [0.15, 0.2) is 5.82 Å². The molecule has 1 aliphatic rings. The number of aromatic nitrogens is 2. The monoisotopic (exact) mass is 225 g/mol. The van der Waals surface area contributed by atoms with E-state index in [9.17, 15) is 0 Å². The Morgan fingerprint density at radius 3 is 2.69 bits per heavy atom. The molecule has 1 aliphatic heterocycles. The van der Waals surface area contributed by atoms with Gasteiger partial charge in [0.2, 0.25) is 6.39 Å². The molecule has 0 bridgehead atoms. The summed E-state index contributed by atoms with van der Waals surface area (Å²) < 4.78 is 10.7. The molecule has 0 aromatic carbocycles. The van der Waals surface area contributed by atoms with Gasteiger partial charge in [-0.3, -0.25) is 0 Å². The van der Waals surface area contributed by atoms with Crippen molar-refractivity contribution in [3.63, 3.8) is 0 Å². The first-order valence-electron chi connectivity index (χ1n) is 5.58. The topological polar surface area (TPSA) is 60.2 Å². The van der Waals surface area contributed by atoms with E-state index in [4.69, 9.17) is 9.26 Å². The second-order valence-corrected chi connectivity index (χ2v) is 5.45. The van der Waals surface area contributed by atoms with E-state index in [0.717, 1.165) is 6.42 Å². The molecule has 90 valence electrons. The van der Waals surface area contributed by atoms with E-state index in [0.29, 0.717) is 18.4 Å². The lowest BCUT2D eigenvalue weighted by Crippen LogP contribution is -2.43. The van der Waals surface area contributed by atoms with E-state index >= 15 is 0 Å². The van der Waals surface area contributed by atoms with Crippen molar-refractivity contribution in [3.8, 4) is 0 Å². The third kappa shape index (κ3) is 2.41. The Morgan fingerprint density at radius 1 is 1.44 bits per heavy atom. The number of nitrogens with one attached hydrogen (secondary N) is 1. The van der Waals surface area contributed by atoms with Crippen LogP contribution in [0.2, 0.25) is 0 Å². The molecule has 0 amide bonds. The van der Waals surface area contributed by atoms with Crippen molar-refractivity contribution in [2.24, 2.45) is 0 Å². The Hall–Kier alpha value is -0.940. The third-order valence-corrected chi connectivity index (χ3v) is 2.99. The second-order valence-electron chi connectivity index (χ2n) is 5.45. The highest BCUT2D eigenvalue weighted by Crippen LogP contribution is 2.37. The summed E-state index contributed by atoms with van der Waals surface area (Å²) in [4.78, 5) is 3.98. The first-order valence-corrected chi connectivity index (χ1v) is 5.58. The number of rotatable bonds is 3. The van der Waals surface area contributed by atoms with Gasteiger partial charge in [-0.15, -0.1) is 0 Å². The number of hydrogen-bond donors (Lipinski definition) is 1. The first kappa shape index (κ1) is 11.5. The lowest BCUT2D eigenvalue weighted by atomic mass is 9.94. The van der Waals surface area contributed by atoms with Crippen molar-refractivity contribution in [2.45, 2.75) is 57.9 Å². The van der Waals surface area contributed by atoms with Crippen LogP contribution in [-0.2, 0) is 11.3 Å². The minimum Gasteiger partial charge on any atom is -0.368 e. The minimum absolute atomic E-state index is 0.0710. The highest BCUT2D eigenvalue weighted by atomic mass is 16.5. The van der Waals surface area contributed by atoms with Gasteiger partial charge in [-0.2, -0.15) is 4.98 Å². The van der Waals surface area contributed by atoms with Crippen LogP contribution in [0.25, 0.3) is 0 Å². The maximum atomic E-state index is 5.99. The molecule has 0 saturated carbocycles. The molecule has 0 radical (unpaired) electrons. The third-order valence-electron chi connectivity index (χ3n) is 2.99. The summed E-state index contributed by atoms with van der Waals surface area (Å²) in [6.45, 7) is 9.06. The van der Waals surface area contributed by atoms with Gasteiger partial charge in [0.1, 0.15) is 0 Å². The van der Waals surface area contributed by atoms with Crippen LogP contribution in [0.15, 0.2) is 10.9 Å². The number of nitrogens with zero attached hydrogens (tertiary/aromatic N) is 2. The van der Waals surface area contributed by atoms with Gasteiger partial charge >= 0.3 is 0 Å². The zero-order chi connectivity index (χ0) is 11.8. The summed E-state index contributed by atoms with van der Waals surface area (Å²) in [5.74, 6) is 0.681. The Bertz CT molecular complexity index is 346. The summed E-state index contributed by atoms with van der Waals surface area (Å²) >= 11 is 0. The fraction of sp³-hybridized carbons (Fsp3) is 0.818. The molecule has 5 heteroatoms. The SMILES string of the molecule is CC1(C)CC(NCc2ncon2)C(C)(C)O1. The average Bonchev–Trinajstić information content (AvgIpc) is 2.67. The van der Waals surface area contributed by atoms with Gasteiger partial charge in [-0.05, 0) is 34.1 Å². The molecule has 1 unspecified atom stereocenters. The van der Waals surface area contributed by atoms with E-state index in [-0.39, 0.29) is 11.2 Å². The van der Waals surface area contributed by atoms with Crippen LogP contribution >= 0.6 is 0 Å². The van der Waals surface area contributed by atoms with E-state index < -0.39 is 0 Å². The summed E-state index contributed by atoms with van der Waals surface area (Å²) in [5.41, 5.74) is -0.231. The molecule has 2 heterocycles. The Labute approximate surface area is 95.6 Å². The van der Waals surface area contributed by atoms with Crippen LogP contribution in [0.1, 0.15) is 39.9 Å². The van der Waals surface area contributed by atoms with Gasteiger partial charge in [0.25, 0.3) is 0 Å². The Balaban J connectivity index is 1.95. The van der Waals surface area contributed by atoms with Gasteiger partial charge in [0.05, 0.1) is 17.7 Å². The Morgan fingerprint density at radius 2 is 2.19 bits per heavy atom. The molecule has 2 rings (SSSR count). The standard InChI is InChI=1S/C11H19N3O2/c1-10(2)5-8(11(3,4)16-10)12-6-9-13-7-15-14-9/h7-8,12H,5-6H2,1-4H3. The van der Waals surface area contributed by atoms with Gasteiger partial charge in [-0.25, -0.2) is 0 Å². The van der Waals surface area contributed by atoms with Crippen molar-refractivity contribution in [2.75, 3.05) is 0 Å². The van der Waals surface area contributed by atoms with Gasteiger partial charge in [0, 0.05) is 6.04 Å². The smallest absolute Gasteiger partial charge is 0.213 e. The molecule has 1 aromatic rings. The molecule has 1 aromatic heterocycles. The minimum atomic E-state index is -0.159. The quantitative estimate of drug-likeness (QED) is 0.844. The summed E-state index contributed by atoms with van der Waals surface area (Å²) in [6, 6.07) is 0.306. The molecule has 5 nitrogen and oxygen atoms in total. The first-order chi connectivity index (χ1) is 7.39. The fourth-order valence-corrected chi connectivity index (χ4v) is 2.37. The molecular weight excluding hydrogens is 206 g/mol. The van der Waals surface area contributed by atoms with Crippen LogP contribution in [-0.4, -0.2) is 27.4 Å². The van der Waals surface area contributed by atoms with Crippen molar-refractivity contribution < 1.29 is 9.26 Å². The molecule has 1 atom stereocenters. The van der Waals surface area contributed by atoms with Crippen LogP contribution < -0.4 is 5.32 Å². The largest absolute Gasteiger partial charge is 0.368 e. The molecule has 1 saturated heterocycles. The maximum Gasteiger partial charge on any atom is 0.213 e. The lowest BCUT2D eigenvalue weighted by Gasteiger charge is -2.27. The van der Waals surface area contributed by atoms with E-state index in [1.165, 1.54) is 6.39 Å². The predicted octanol–water partition coefficient (Wildman–Crippen LogP) is 1.51. The van der Waals surface area contributed by atoms with E-state index in [2.05, 4.69) is 43.2 Å². The molecule has 1 N–H and O–H groups in total. The van der Waals surface area contributed by atoms with Crippen molar-refractivity contribution in [1.29, 1.82) is 0 Å². The molecule has 0 spiro atoms. The van der Waals surface area contributed by atoms with Crippen molar-refractivity contribution in [3.05, 3.63) is 12.2 Å². The van der Waals surface area contributed by atoms with E-state index in [1.54, 1.807) is 0 Å². The van der Waals surface area contributed by atoms with Gasteiger partial charge < -0.3 is 14.6 Å². The zero-order valence-electron chi connectivity index (χ0n) is 10.3. The van der Waals surface area contributed by atoms with Crippen LogP contribution in [0.5, 0.6) is 0 Å². The molecule has 16 heavy (non-hydrogen) atoms. The molecule has 0 aliphatic carbocycles. The molecular formula is C11H19N3O2. The number of ether oxygens (including phenoxy) is 1. The highest BCUT2D eigenvalue weighted by Gasteiger charge is 2.45. The number of hydrogen-bond acceptors (Lipinski definition) is 5. The second kappa shape index (κ2) is 3.82.